The largest absolute Gasteiger partial charge is 0.348 e. The molecule has 1 aromatic carbocycles. The normalized spacial score (nSPS) is 14.8. The van der Waals surface area contributed by atoms with Crippen LogP contribution in [-0.4, -0.2) is 30.5 Å². The van der Waals surface area contributed by atoms with Gasteiger partial charge in [-0.2, -0.15) is 0 Å². The Morgan fingerprint density at radius 3 is 2.95 bits per heavy atom. The van der Waals surface area contributed by atoms with E-state index in [1.165, 1.54) is 12.8 Å². The zero-order chi connectivity index (χ0) is 14.7. The van der Waals surface area contributed by atoms with Gasteiger partial charge in [-0.25, -0.2) is 4.98 Å². The van der Waals surface area contributed by atoms with Crippen molar-refractivity contribution in [1.29, 1.82) is 0 Å². The van der Waals surface area contributed by atoms with E-state index in [4.69, 9.17) is 5.73 Å². The summed E-state index contributed by atoms with van der Waals surface area (Å²) in [6.07, 6.45) is 3.68. The number of hydrogen-bond donors (Lipinski definition) is 2. The Morgan fingerprint density at radius 2 is 2.19 bits per heavy atom. The van der Waals surface area contributed by atoms with Crippen LogP contribution in [-0.2, 0) is 4.79 Å². The van der Waals surface area contributed by atoms with E-state index in [-0.39, 0.29) is 5.91 Å². The molecule has 3 rings (SSSR count). The molecule has 5 nitrogen and oxygen atoms in total. The minimum atomic E-state index is 0.0177. The summed E-state index contributed by atoms with van der Waals surface area (Å²) in [6.45, 7) is 2.74. The molecule has 0 atom stereocenters. The second-order valence-electron chi connectivity index (χ2n) is 5.31. The minimum Gasteiger partial charge on any atom is -0.348 e. The van der Waals surface area contributed by atoms with Crippen molar-refractivity contribution in [3.63, 3.8) is 0 Å². The molecule has 6 heteroatoms. The predicted octanol–water partition coefficient (Wildman–Crippen LogP) is 2.57. The van der Waals surface area contributed by atoms with Crippen molar-refractivity contribution >= 4 is 38.3 Å². The molecule has 0 spiro atoms. The number of nitrogens with two attached hydrogens (primary N) is 1. The number of carbonyl (C=O) groups is 1. The zero-order valence-electron chi connectivity index (χ0n) is 12.0. The first kappa shape index (κ1) is 14.3. The Labute approximate surface area is 128 Å². The maximum atomic E-state index is 11.7. The summed E-state index contributed by atoms with van der Waals surface area (Å²) in [5.41, 5.74) is 7.25. The van der Waals surface area contributed by atoms with Crippen LogP contribution in [0.2, 0.25) is 0 Å². The minimum absolute atomic E-state index is 0.0177. The summed E-state index contributed by atoms with van der Waals surface area (Å²) in [6, 6.07) is 5.90. The van der Waals surface area contributed by atoms with Crippen molar-refractivity contribution in [3.05, 3.63) is 18.2 Å². The third-order valence-corrected chi connectivity index (χ3v) is 4.72. The molecule has 1 fully saturated rings. The van der Waals surface area contributed by atoms with E-state index in [2.05, 4.69) is 15.2 Å². The number of amides is 1. The molecule has 0 radical (unpaired) electrons. The van der Waals surface area contributed by atoms with Gasteiger partial charge in [-0.05, 0) is 44.0 Å². The smallest absolute Gasteiger partial charge is 0.224 e. The van der Waals surface area contributed by atoms with Gasteiger partial charge in [0, 0.05) is 25.2 Å². The second kappa shape index (κ2) is 6.41. The molecule has 0 aliphatic carbocycles. The zero-order valence-corrected chi connectivity index (χ0v) is 12.8. The van der Waals surface area contributed by atoms with Crippen LogP contribution in [0, 0.1) is 0 Å². The fourth-order valence-corrected chi connectivity index (χ4v) is 3.58. The maximum Gasteiger partial charge on any atom is 0.224 e. The number of aromatic nitrogens is 1. The van der Waals surface area contributed by atoms with Gasteiger partial charge in [0.05, 0.1) is 10.2 Å². The molecule has 0 bridgehead atoms. The van der Waals surface area contributed by atoms with Gasteiger partial charge in [0.2, 0.25) is 5.91 Å². The van der Waals surface area contributed by atoms with Crippen LogP contribution >= 0.6 is 11.3 Å². The Balaban J connectivity index is 1.75. The van der Waals surface area contributed by atoms with Crippen LogP contribution in [0.5, 0.6) is 0 Å². The molecule has 112 valence electrons. The van der Waals surface area contributed by atoms with Gasteiger partial charge in [0.1, 0.15) is 0 Å². The quantitative estimate of drug-likeness (QED) is 0.890. The molecule has 1 aromatic heterocycles. The second-order valence-corrected chi connectivity index (χ2v) is 6.32. The number of anilines is 2. The highest BCUT2D eigenvalue weighted by atomic mass is 32.1. The summed E-state index contributed by atoms with van der Waals surface area (Å²) in [5, 5.41) is 4.01. The van der Waals surface area contributed by atoms with Gasteiger partial charge in [0.15, 0.2) is 5.13 Å². The fourth-order valence-electron chi connectivity index (χ4n) is 2.52. The molecule has 3 N–H and O–H groups in total. The van der Waals surface area contributed by atoms with E-state index in [1.807, 2.05) is 18.2 Å². The average Bonchev–Trinajstić information content (AvgIpc) is 3.13. The van der Waals surface area contributed by atoms with Crippen molar-refractivity contribution in [2.75, 3.05) is 29.9 Å². The number of nitrogens with zero attached hydrogens (tertiary/aromatic N) is 2. The van der Waals surface area contributed by atoms with E-state index < -0.39 is 0 Å². The molecular weight excluding hydrogens is 284 g/mol. The third-order valence-electron chi connectivity index (χ3n) is 3.65. The molecule has 1 saturated heterocycles. The number of nitrogens with one attached hydrogen (secondary N) is 1. The first-order valence-corrected chi connectivity index (χ1v) is 8.23. The van der Waals surface area contributed by atoms with Crippen molar-refractivity contribution in [2.45, 2.75) is 25.7 Å². The highest BCUT2D eigenvalue weighted by Crippen LogP contribution is 2.32. The highest BCUT2D eigenvalue weighted by molar-refractivity contribution is 7.22. The standard InChI is InChI=1S/C15H20N4OS/c16-7-3-4-14(20)17-11-5-6-12-13(10-11)21-15(18-12)19-8-1-2-9-19/h5-6,10H,1-4,7-9,16H2,(H,17,20). The summed E-state index contributed by atoms with van der Waals surface area (Å²) < 4.78 is 1.12. The molecule has 1 aliphatic heterocycles. The van der Waals surface area contributed by atoms with Gasteiger partial charge in [-0.3, -0.25) is 4.79 Å². The van der Waals surface area contributed by atoms with E-state index >= 15 is 0 Å². The summed E-state index contributed by atoms with van der Waals surface area (Å²) in [7, 11) is 0. The number of benzene rings is 1. The summed E-state index contributed by atoms with van der Waals surface area (Å²) in [5.74, 6) is 0.0177. The van der Waals surface area contributed by atoms with Crippen LogP contribution < -0.4 is 16.0 Å². The van der Waals surface area contributed by atoms with Crippen molar-refractivity contribution < 1.29 is 4.79 Å². The number of hydrogen-bond acceptors (Lipinski definition) is 5. The van der Waals surface area contributed by atoms with Gasteiger partial charge in [-0.1, -0.05) is 11.3 Å². The number of rotatable bonds is 5. The first-order chi connectivity index (χ1) is 10.3. The van der Waals surface area contributed by atoms with Crippen molar-refractivity contribution in [3.8, 4) is 0 Å². The first-order valence-electron chi connectivity index (χ1n) is 7.42. The molecule has 21 heavy (non-hydrogen) atoms. The van der Waals surface area contributed by atoms with Gasteiger partial charge in [-0.15, -0.1) is 0 Å². The lowest BCUT2D eigenvalue weighted by atomic mass is 10.2. The molecular formula is C15H20N4OS. The SMILES string of the molecule is NCCCC(=O)Nc1ccc2nc(N3CCCC3)sc2c1. The number of thiazole rings is 1. The Bertz CT molecular complexity index is 634. The predicted molar refractivity (Wildman–Crippen MR) is 88.0 cm³/mol. The van der Waals surface area contributed by atoms with E-state index in [0.29, 0.717) is 19.4 Å². The van der Waals surface area contributed by atoms with Crippen molar-refractivity contribution in [1.82, 2.24) is 4.98 Å². The van der Waals surface area contributed by atoms with E-state index in [1.54, 1.807) is 11.3 Å². The molecule has 0 unspecified atom stereocenters. The van der Waals surface area contributed by atoms with Crippen LogP contribution in [0.4, 0.5) is 10.8 Å². The van der Waals surface area contributed by atoms with Gasteiger partial charge < -0.3 is 16.0 Å². The molecule has 0 saturated carbocycles. The lowest BCUT2D eigenvalue weighted by Gasteiger charge is -2.11. The van der Waals surface area contributed by atoms with Gasteiger partial charge >= 0.3 is 0 Å². The average molecular weight is 304 g/mol. The lowest BCUT2D eigenvalue weighted by Crippen LogP contribution is -2.16. The Hall–Kier alpha value is -1.66. The maximum absolute atomic E-state index is 11.7. The van der Waals surface area contributed by atoms with E-state index in [9.17, 15) is 4.79 Å². The van der Waals surface area contributed by atoms with Crippen LogP contribution in [0.25, 0.3) is 10.2 Å². The van der Waals surface area contributed by atoms with Gasteiger partial charge in [0.25, 0.3) is 0 Å². The number of fused-ring (bicyclic) bond motifs is 1. The molecule has 1 amide bonds. The molecule has 1 aliphatic rings. The molecule has 2 heterocycles. The van der Waals surface area contributed by atoms with E-state index in [0.717, 1.165) is 34.1 Å². The Kier molecular flexibility index (Phi) is 4.36. The van der Waals surface area contributed by atoms with Crippen LogP contribution in [0.3, 0.4) is 0 Å². The van der Waals surface area contributed by atoms with Crippen LogP contribution in [0.1, 0.15) is 25.7 Å². The fraction of sp³-hybridized carbons (Fsp3) is 0.467. The number of carbonyl (C=O) groups excluding carboxylic acids is 1. The summed E-state index contributed by atoms with van der Waals surface area (Å²) in [4.78, 5) is 18.8. The summed E-state index contributed by atoms with van der Waals surface area (Å²) >= 11 is 1.70. The monoisotopic (exact) mass is 304 g/mol. The highest BCUT2D eigenvalue weighted by Gasteiger charge is 2.16. The molecule has 2 aromatic rings. The van der Waals surface area contributed by atoms with Crippen molar-refractivity contribution in [2.24, 2.45) is 5.73 Å². The Morgan fingerprint density at radius 1 is 1.38 bits per heavy atom. The van der Waals surface area contributed by atoms with Crippen LogP contribution in [0.15, 0.2) is 18.2 Å². The topological polar surface area (TPSA) is 71.2 Å². The lowest BCUT2D eigenvalue weighted by molar-refractivity contribution is -0.116. The third kappa shape index (κ3) is 3.33.